The first kappa shape index (κ1) is 16.6. The van der Waals surface area contributed by atoms with Gasteiger partial charge in [0.2, 0.25) is 17.7 Å². The first-order chi connectivity index (χ1) is 9.38. The van der Waals surface area contributed by atoms with Gasteiger partial charge in [0, 0.05) is 19.7 Å². The zero-order valence-electron chi connectivity index (χ0n) is 12.4. The highest BCUT2D eigenvalue weighted by Crippen LogP contribution is 2.16. The van der Waals surface area contributed by atoms with E-state index < -0.39 is 12.1 Å². The number of hydrogen-bond donors (Lipinski definition) is 2. The number of likely N-dealkylation sites (tertiary alicyclic amines) is 1. The Hall–Kier alpha value is -1.47. The molecule has 1 fully saturated rings. The van der Waals surface area contributed by atoms with Crippen molar-refractivity contribution >= 4 is 17.7 Å². The fraction of sp³-hybridized carbons (Fsp3) is 0.769. The van der Waals surface area contributed by atoms with E-state index >= 15 is 0 Å². The summed E-state index contributed by atoms with van der Waals surface area (Å²) in [5, 5.41) is 5.59. The molecule has 2 N–H and O–H groups in total. The van der Waals surface area contributed by atoms with E-state index in [-0.39, 0.29) is 30.2 Å². The maximum Gasteiger partial charge on any atom is 0.247 e. The molecule has 1 aliphatic heterocycles. The summed E-state index contributed by atoms with van der Waals surface area (Å²) in [7, 11) is 1.55. The first-order valence-electron chi connectivity index (χ1n) is 6.77. The van der Waals surface area contributed by atoms with Crippen LogP contribution in [-0.4, -0.2) is 61.0 Å². The van der Waals surface area contributed by atoms with Gasteiger partial charge in [0.1, 0.15) is 0 Å². The fourth-order valence-corrected chi connectivity index (χ4v) is 2.13. The average molecular weight is 285 g/mol. The maximum atomic E-state index is 12.1. The number of methoxy groups -OCH3 is 1. The van der Waals surface area contributed by atoms with Crippen LogP contribution in [0.15, 0.2) is 0 Å². The number of rotatable bonds is 7. The molecule has 20 heavy (non-hydrogen) atoms. The van der Waals surface area contributed by atoms with Crippen LogP contribution in [0.5, 0.6) is 0 Å². The Morgan fingerprint density at radius 2 is 2.05 bits per heavy atom. The van der Waals surface area contributed by atoms with Crippen LogP contribution in [-0.2, 0) is 19.1 Å². The Kier molecular flexibility index (Phi) is 6.09. The molecule has 114 valence electrons. The van der Waals surface area contributed by atoms with E-state index in [1.165, 1.54) is 4.90 Å². The summed E-state index contributed by atoms with van der Waals surface area (Å²) in [5.41, 5.74) is 0. The number of ether oxygens (including phenoxy) is 1. The Bertz CT molecular complexity index is 384. The number of carbonyl (C=O) groups excluding carboxylic acids is 3. The van der Waals surface area contributed by atoms with Gasteiger partial charge < -0.3 is 10.1 Å². The molecule has 0 bridgehead atoms. The second-order valence-electron chi connectivity index (χ2n) is 5.12. The van der Waals surface area contributed by atoms with Crippen molar-refractivity contribution in [3.05, 3.63) is 0 Å². The third-order valence-electron chi connectivity index (χ3n) is 3.15. The molecule has 1 aliphatic rings. The third-order valence-corrected chi connectivity index (χ3v) is 3.15. The minimum atomic E-state index is -0.618. The lowest BCUT2D eigenvalue weighted by Gasteiger charge is -2.21. The van der Waals surface area contributed by atoms with Crippen LogP contribution < -0.4 is 10.6 Å². The highest BCUT2D eigenvalue weighted by molar-refractivity contribution is 6.06. The van der Waals surface area contributed by atoms with Crippen molar-refractivity contribution in [2.75, 3.05) is 20.3 Å². The van der Waals surface area contributed by atoms with Crippen LogP contribution in [0.4, 0.5) is 0 Å². The number of amides is 3. The van der Waals surface area contributed by atoms with Gasteiger partial charge in [0.15, 0.2) is 0 Å². The Morgan fingerprint density at radius 1 is 1.40 bits per heavy atom. The molecule has 3 amide bonds. The molecule has 1 saturated heterocycles. The molecule has 0 aromatic heterocycles. The van der Waals surface area contributed by atoms with Crippen molar-refractivity contribution in [3.8, 4) is 0 Å². The SMILES string of the molecule is COCCNC(=O)C(C)NC1CC(=O)N(C(C)C)C1=O. The van der Waals surface area contributed by atoms with Crippen molar-refractivity contribution < 1.29 is 19.1 Å². The highest BCUT2D eigenvalue weighted by Gasteiger charge is 2.40. The summed E-state index contributed by atoms with van der Waals surface area (Å²) < 4.78 is 4.84. The minimum absolute atomic E-state index is 0.104. The molecule has 1 rings (SSSR count). The zero-order chi connectivity index (χ0) is 15.3. The Morgan fingerprint density at radius 3 is 2.55 bits per heavy atom. The molecule has 2 atom stereocenters. The second-order valence-corrected chi connectivity index (χ2v) is 5.12. The molecule has 1 heterocycles. The monoisotopic (exact) mass is 285 g/mol. The number of nitrogens with zero attached hydrogens (tertiary/aromatic N) is 1. The molecule has 0 aliphatic carbocycles. The molecule has 0 aromatic carbocycles. The number of hydrogen-bond acceptors (Lipinski definition) is 5. The quantitative estimate of drug-likeness (QED) is 0.475. The van der Waals surface area contributed by atoms with Crippen LogP contribution in [0, 0.1) is 0 Å². The van der Waals surface area contributed by atoms with E-state index in [1.54, 1.807) is 27.9 Å². The minimum Gasteiger partial charge on any atom is -0.383 e. The normalized spacial score (nSPS) is 20.6. The molecular weight excluding hydrogens is 262 g/mol. The van der Waals surface area contributed by atoms with Crippen molar-refractivity contribution in [2.24, 2.45) is 0 Å². The van der Waals surface area contributed by atoms with Gasteiger partial charge in [-0.15, -0.1) is 0 Å². The van der Waals surface area contributed by atoms with E-state index in [2.05, 4.69) is 10.6 Å². The number of imide groups is 1. The molecule has 2 unspecified atom stereocenters. The second kappa shape index (κ2) is 7.35. The van der Waals surface area contributed by atoms with E-state index in [9.17, 15) is 14.4 Å². The van der Waals surface area contributed by atoms with Crippen molar-refractivity contribution in [1.29, 1.82) is 0 Å². The van der Waals surface area contributed by atoms with Crippen molar-refractivity contribution in [1.82, 2.24) is 15.5 Å². The summed E-state index contributed by atoms with van der Waals surface area (Å²) in [6.07, 6.45) is 0.104. The standard InChI is InChI=1S/C13H23N3O4/c1-8(2)16-11(17)7-10(13(16)19)15-9(3)12(18)14-5-6-20-4/h8-10,15H,5-7H2,1-4H3,(H,14,18). The van der Waals surface area contributed by atoms with Gasteiger partial charge >= 0.3 is 0 Å². The van der Waals surface area contributed by atoms with Gasteiger partial charge in [-0.3, -0.25) is 24.6 Å². The first-order valence-corrected chi connectivity index (χ1v) is 6.77. The molecule has 0 radical (unpaired) electrons. The molecular formula is C13H23N3O4. The Labute approximate surface area is 119 Å². The average Bonchev–Trinajstić information content (AvgIpc) is 2.64. The fourth-order valence-electron chi connectivity index (χ4n) is 2.13. The largest absolute Gasteiger partial charge is 0.383 e. The van der Waals surface area contributed by atoms with Gasteiger partial charge in [0.25, 0.3) is 0 Å². The zero-order valence-corrected chi connectivity index (χ0v) is 12.4. The summed E-state index contributed by atoms with van der Waals surface area (Å²) in [4.78, 5) is 36.8. The van der Waals surface area contributed by atoms with Gasteiger partial charge in [0.05, 0.1) is 25.1 Å². The molecule has 7 nitrogen and oxygen atoms in total. The molecule has 0 aromatic rings. The van der Waals surface area contributed by atoms with Crippen LogP contribution in [0.1, 0.15) is 27.2 Å². The van der Waals surface area contributed by atoms with Gasteiger partial charge in [-0.1, -0.05) is 0 Å². The maximum absolute atomic E-state index is 12.1. The van der Waals surface area contributed by atoms with Gasteiger partial charge in [-0.2, -0.15) is 0 Å². The van der Waals surface area contributed by atoms with E-state index in [0.29, 0.717) is 13.2 Å². The van der Waals surface area contributed by atoms with Crippen molar-refractivity contribution in [3.63, 3.8) is 0 Å². The topological polar surface area (TPSA) is 87.7 Å². The van der Waals surface area contributed by atoms with Crippen LogP contribution in [0.2, 0.25) is 0 Å². The lowest BCUT2D eigenvalue weighted by molar-refractivity contribution is -0.140. The molecule has 0 spiro atoms. The van der Waals surface area contributed by atoms with Crippen LogP contribution in [0.3, 0.4) is 0 Å². The number of carbonyl (C=O) groups is 3. The summed E-state index contributed by atoms with van der Waals surface area (Å²) in [6, 6.07) is -1.32. The highest BCUT2D eigenvalue weighted by atomic mass is 16.5. The summed E-state index contributed by atoms with van der Waals surface area (Å²) in [6.45, 7) is 6.09. The smallest absolute Gasteiger partial charge is 0.247 e. The van der Waals surface area contributed by atoms with Crippen LogP contribution >= 0.6 is 0 Å². The Balaban J connectivity index is 2.50. The summed E-state index contributed by atoms with van der Waals surface area (Å²) >= 11 is 0. The van der Waals surface area contributed by atoms with Gasteiger partial charge in [-0.25, -0.2) is 0 Å². The van der Waals surface area contributed by atoms with Gasteiger partial charge in [-0.05, 0) is 20.8 Å². The third kappa shape index (κ3) is 4.01. The number of nitrogens with one attached hydrogen (secondary N) is 2. The lowest BCUT2D eigenvalue weighted by atomic mass is 10.2. The van der Waals surface area contributed by atoms with E-state index in [0.717, 1.165) is 0 Å². The van der Waals surface area contributed by atoms with E-state index in [4.69, 9.17) is 4.74 Å². The molecule has 7 heteroatoms. The lowest BCUT2D eigenvalue weighted by Crippen LogP contribution is -2.50. The van der Waals surface area contributed by atoms with E-state index in [1.807, 2.05) is 0 Å². The molecule has 0 saturated carbocycles. The predicted molar refractivity (Wildman–Crippen MR) is 72.9 cm³/mol. The van der Waals surface area contributed by atoms with Crippen molar-refractivity contribution in [2.45, 2.75) is 45.3 Å². The van der Waals surface area contributed by atoms with Crippen LogP contribution in [0.25, 0.3) is 0 Å². The predicted octanol–water partition coefficient (Wildman–Crippen LogP) is -0.737. The summed E-state index contributed by atoms with van der Waals surface area (Å²) in [5.74, 6) is -0.679.